The van der Waals surface area contributed by atoms with Gasteiger partial charge in [0.25, 0.3) is 0 Å². The van der Waals surface area contributed by atoms with Crippen molar-refractivity contribution < 1.29 is 0 Å². The van der Waals surface area contributed by atoms with E-state index in [1.807, 2.05) is 6.92 Å². The Bertz CT molecular complexity index is 287. The molecule has 1 aliphatic rings. The zero-order valence-electron chi connectivity index (χ0n) is 8.03. The molecule has 1 aromatic heterocycles. The number of rotatable bonds is 1. The third-order valence-electron chi connectivity index (χ3n) is 2.59. The van der Waals surface area contributed by atoms with Gasteiger partial charge in [0.1, 0.15) is 5.01 Å². The molecule has 0 radical (unpaired) electrons. The van der Waals surface area contributed by atoms with E-state index in [2.05, 4.69) is 22.3 Å². The maximum Gasteiger partial charge on any atom is 0.112 e. The summed E-state index contributed by atoms with van der Waals surface area (Å²) in [5, 5.41) is 3.26. The molecule has 0 amide bonds. The van der Waals surface area contributed by atoms with Crippen LogP contribution in [0.1, 0.15) is 23.2 Å². The van der Waals surface area contributed by atoms with E-state index < -0.39 is 0 Å². The molecule has 2 N–H and O–H groups in total. The summed E-state index contributed by atoms with van der Waals surface area (Å²) >= 11 is 1.72. The molecule has 1 aromatic rings. The average molecular weight is 197 g/mol. The van der Waals surface area contributed by atoms with E-state index in [0.29, 0.717) is 6.04 Å². The van der Waals surface area contributed by atoms with Crippen molar-refractivity contribution in [1.82, 2.24) is 9.88 Å². The highest BCUT2D eigenvalue weighted by molar-refractivity contribution is 7.09. The summed E-state index contributed by atoms with van der Waals surface area (Å²) in [6, 6.07) is 0.606. The molecule has 3 nitrogen and oxygen atoms in total. The van der Waals surface area contributed by atoms with Gasteiger partial charge in [-0.05, 0) is 20.4 Å². The molecule has 1 fully saturated rings. The molecule has 0 saturated carbocycles. The first kappa shape index (κ1) is 9.12. The van der Waals surface area contributed by atoms with Crippen molar-refractivity contribution >= 4 is 11.3 Å². The zero-order valence-corrected chi connectivity index (χ0v) is 8.84. The number of aromatic nitrogens is 1. The molecule has 2 atom stereocenters. The minimum atomic E-state index is 0.260. The SMILES string of the molecule is Cc1csc(C2C(N)CCN2C)n1. The lowest BCUT2D eigenvalue weighted by Gasteiger charge is -2.19. The maximum atomic E-state index is 6.04. The van der Waals surface area contributed by atoms with Gasteiger partial charge in [-0.1, -0.05) is 0 Å². The number of likely N-dealkylation sites (tertiary alicyclic amines) is 1. The first-order valence-electron chi connectivity index (χ1n) is 4.56. The number of nitrogens with zero attached hydrogens (tertiary/aromatic N) is 2. The molecule has 0 bridgehead atoms. The Morgan fingerprint density at radius 3 is 2.92 bits per heavy atom. The Morgan fingerprint density at radius 2 is 2.46 bits per heavy atom. The predicted octanol–water partition coefficient (Wildman–Crippen LogP) is 1.16. The number of nitrogens with two attached hydrogens (primary N) is 1. The van der Waals surface area contributed by atoms with Crippen molar-refractivity contribution in [3.8, 4) is 0 Å². The van der Waals surface area contributed by atoms with Crippen molar-refractivity contribution in [2.45, 2.75) is 25.4 Å². The minimum Gasteiger partial charge on any atom is -0.326 e. The van der Waals surface area contributed by atoms with Crippen molar-refractivity contribution in [2.75, 3.05) is 13.6 Å². The van der Waals surface area contributed by atoms with Crippen LogP contribution in [0.2, 0.25) is 0 Å². The first-order chi connectivity index (χ1) is 6.18. The quantitative estimate of drug-likeness (QED) is 0.734. The number of likely N-dealkylation sites (N-methyl/N-ethyl adjacent to an activating group) is 1. The number of thiazole rings is 1. The van der Waals surface area contributed by atoms with Crippen LogP contribution in [0.25, 0.3) is 0 Å². The summed E-state index contributed by atoms with van der Waals surface area (Å²) in [7, 11) is 2.12. The number of hydrogen-bond acceptors (Lipinski definition) is 4. The van der Waals surface area contributed by atoms with Crippen molar-refractivity contribution in [1.29, 1.82) is 0 Å². The first-order valence-corrected chi connectivity index (χ1v) is 5.44. The molecule has 72 valence electrons. The van der Waals surface area contributed by atoms with Crippen LogP contribution in [0.5, 0.6) is 0 Å². The van der Waals surface area contributed by atoms with Gasteiger partial charge in [0, 0.05) is 23.7 Å². The van der Waals surface area contributed by atoms with E-state index in [1.165, 1.54) is 5.01 Å². The van der Waals surface area contributed by atoms with E-state index in [-0.39, 0.29) is 6.04 Å². The highest BCUT2D eigenvalue weighted by atomic mass is 32.1. The standard InChI is InChI=1S/C9H15N3S/c1-6-5-13-9(11-6)8-7(10)3-4-12(8)2/h5,7-8H,3-4,10H2,1-2H3. The van der Waals surface area contributed by atoms with Crippen molar-refractivity contribution in [3.05, 3.63) is 16.1 Å². The van der Waals surface area contributed by atoms with Crippen molar-refractivity contribution in [3.63, 3.8) is 0 Å². The zero-order chi connectivity index (χ0) is 9.42. The normalized spacial score (nSPS) is 29.8. The number of hydrogen-bond donors (Lipinski definition) is 1. The minimum absolute atomic E-state index is 0.260. The topological polar surface area (TPSA) is 42.1 Å². The Labute approximate surface area is 82.6 Å². The van der Waals surface area contributed by atoms with Gasteiger partial charge in [-0.3, -0.25) is 4.90 Å². The van der Waals surface area contributed by atoms with E-state index in [1.54, 1.807) is 11.3 Å². The average Bonchev–Trinajstić information content (AvgIpc) is 2.60. The molecule has 2 unspecified atom stereocenters. The molecule has 1 aliphatic heterocycles. The van der Waals surface area contributed by atoms with E-state index in [0.717, 1.165) is 18.7 Å². The number of aryl methyl sites for hydroxylation is 1. The molecule has 0 aliphatic carbocycles. The Balaban J connectivity index is 2.24. The van der Waals surface area contributed by atoms with E-state index in [9.17, 15) is 0 Å². The van der Waals surface area contributed by atoms with Gasteiger partial charge in [0.15, 0.2) is 0 Å². The summed E-state index contributed by atoms with van der Waals surface area (Å²) in [5.74, 6) is 0. The van der Waals surface area contributed by atoms with E-state index in [4.69, 9.17) is 5.73 Å². The molecular weight excluding hydrogens is 182 g/mol. The van der Waals surface area contributed by atoms with Gasteiger partial charge in [0.05, 0.1) is 6.04 Å². The summed E-state index contributed by atoms with van der Waals surface area (Å²) in [6.07, 6.45) is 1.08. The van der Waals surface area contributed by atoms with Gasteiger partial charge in [-0.15, -0.1) is 11.3 Å². The van der Waals surface area contributed by atoms with Crippen LogP contribution in [-0.4, -0.2) is 29.5 Å². The summed E-state index contributed by atoms with van der Waals surface area (Å²) < 4.78 is 0. The molecule has 1 saturated heterocycles. The Kier molecular flexibility index (Phi) is 2.36. The second kappa shape index (κ2) is 3.36. The molecule has 2 heterocycles. The lowest BCUT2D eigenvalue weighted by Crippen LogP contribution is -2.29. The second-order valence-corrected chi connectivity index (χ2v) is 4.59. The van der Waals surface area contributed by atoms with Crippen LogP contribution in [0, 0.1) is 6.92 Å². The summed E-state index contributed by atoms with van der Waals surface area (Å²) in [4.78, 5) is 6.78. The van der Waals surface area contributed by atoms with E-state index >= 15 is 0 Å². The highest BCUT2D eigenvalue weighted by Gasteiger charge is 2.32. The Morgan fingerprint density at radius 1 is 1.69 bits per heavy atom. The molecule has 4 heteroatoms. The molecule has 2 rings (SSSR count). The third kappa shape index (κ3) is 1.61. The predicted molar refractivity (Wildman–Crippen MR) is 54.8 cm³/mol. The molecule has 0 spiro atoms. The smallest absolute Gasteiger partial charge is 0.112 e. The highest BCUT2D eigenvalue weighted by Crippen LogP contribution is 2.31. The maximum absolute atomic E-state index is 6.04. The lowest BCUT2D eigenvalue weighted by molar-refractivity contribution is 0.303. The van der Waals surface area contributed by atoms with Gasteiger partial charge in [0.2, 0.25) is 0 Å². The fraction of sp³-hybridized carbons (Fsp3) is 0.667. The third-order valence-corrected chi connectivity index (χ3v) is 3.62. The molecular formula is C9H15N3S. The summed E-state index contributed by atoms with van der Waals surface area (Å²) in [6.45, 7) is 3.12. The van der Waals surface area contributed by atoms with Crippen LogP contribution in [0.4, 0.5) is 0 Å². The monoisotopic (exact) mass is 197 g/mol. The van der Waals surface area contributed by atoms with Crippen LogP contribution in [0.3, 0.4) is 0 Å². The van der Waals surface area contributed by atoms with Crippen LogP contribution in [-0.2, 0) is 0 Å². The fourth-order valence-electron chi connectivity index (χ4n) is 1.86. The van der Waals surface area contributed by atoms with Crippen LogP contribution in [0.15, 0.2) is 5.38 Å². The van der Waals surface area contributed by atoms with Gasteiger partial charge < -0.3 is 5.73 Å². The second-order valence-electron chi connectivity index (χ2n) is 3.71. The van der Waals surface area contributed by atoms with Gasteiger partial charge in [-0.2, -0.15) is 0 Å². The van der Waals surface area contributed by atoms with Crippen LogP contribution >= 0.6 is 11.3 Å². The lowest BCUT2D eigenvalue weighted by atomic mass is 10.1. The van der Waals surface area contributed by atoms with Crippen molar-refractivity contribution in [2.24, 2.45) is 5.73 Å². The molecule has 13 heavy (non-hydrogen) atoms. The van der Waals surface area contributed by atoms with Gasteiger partial charge in [-0.25, -0.2) is 4.98 Å². The molecule has 0 aromatic carbocycles. The Hall–Kier alpha value is -0.450. The fourth-order valence-corrected chi connectivity index (χ4v) is 2.89. The van der Waals surface area contributed by atoms with Gasteiger partial charge >= 0.3 is 0 Å². The largest absolute Gasteiger partial charge is 0.326 e. The summed E-state index contributed by atoms with van der Waals surface area (Å²) in [5.41, 5.74) is 7.14. The van der Waals surface area contributed by atoms with Crippen LogP contribution < -0.4 is 5.73 Å².